The molecule has 0 aromatic heterocycles. The highest BCUT2D eigenvalue weighted by atomic mass is 35.5. The Hall–Kier alpha value is -2.45. The van der Waals surface area contributed by atoms with Crippen molar-refractivity contribution in [3.8, 4) is 0 Å². The van der Waals surface area contributed by atoms with E-state index in [0.717, 1.165) is 22.7 Å². The van der Waals surface area contributed by atoms with Crippen LogP contribution in [-0.4, -0.2) is 39.1 Å². The Bertz CT molecular complexity index is 946. The fourth-order valence-electron chi connectivity index (χ4n) is 2.29. The molecule has 0 saturated carbocycles. The number of ketones is 1. The SMILES string of the molecule is C[C@@H](OC(=O)CN(c1cccc(Cl)c1)S(C)(=O)=O)C(=O)c1ccc(F)cc1. The van der Waals surface area contributed by atoms with Gasteiger partial charge in [0.2, 0.25) is 15.8 Å². The van der Waals surface area contributed by atoms with Crippen LogP contribution in [0.4, 0.5) is 10.1 Å². The summed E-state index contributed by atoms with van der Waals surface area (Å²) in [6.07, 6.45) is -0.224. The van der Waals surface area contributed by atoms with E-state index in [1.165, 1.54) is 31.2 Å². The molecule has 27 heavy (non-hydrogen) atoms. The van der Waals surface area contributed by atoms with Crippen molar-refractivity contribution in [1.29, 1.82) is 0 Å². The molecule has 144 valence electrons. The number of benzene rings is 2. The molecule has 0 spiro atoms. The third-order valence-corrected chi connectivity index (χ3v) is 4.95. The molecule has 0 saturated heterocycles. The molecule has 2 aromatic carbocycles. The van der Waals surface area contributed by atoms with Crippen LogP contribution >= 0.6 is 11.6 Å². The minimum atomic E-state index is -3.80. The molecule has 1 atom stereocenters. The van der Waals surface area contributed by atoms with Gasteiger partial charge in [0.15, 0.2) is 6.10 Å². The molecular formula is C18H17ClFNO5S. The van der Waals surface area contributed by atoms with Gasteiger partial charge in [-0.05, 0) is 49.4 Å². The first-order valence-electron chi connectivity index (χ1n) is 7.80. The number of sulfonamides is 1. The zero-order chi connectivity index (χ0) is 20.2. The topological polar surface area (TPSA) is 80.8 Å². The molecule has 0 aliphatic carbocycles. The fraction of sp³-hybridized carbons (Fsp3) is 0.222. The Morgan fingerprint density at radius 1 is 1.19 bits per heavy atom. The van der Waals surface area contributed by atoms with Crippen molar-refractivity contribution in [3.63, 3.8) is 0 Å². The van der Waals surface area contributed by atoms with Crippen LogP contribution in [0.2, 0.25) is 5.02 Å². The van der Waals surface area contributed by atoms with E-state index in [4.69, 9.17) is 16.3 Å². The second-order valence-corrected chi connectivity index (χ2v) is 8.10. The lowest BCUT2D eigenvalue weighted by Gasteiger charge is -2.22. The summed E-state index contributed by atoms with van der Waals surface area (Å²) in [5.74, 6) is -1.94. The van der Waals surface area contributed by atoms with E-state index in [1.54, 1.807) is 12.1 Å². The number of Topliss-reactive ketones (excluding diaryl/α,β-unsaturated/α-hetero) is 1. The summed E-state index contributed by atoms with van der Waals surface area (Å²) >= 11 is 5.87. The number of hydrogen-bond donors (Lipinski definition) is 0. The zero-order valence-electron chi connectivity index (χ0n) is 14.6. The number of ether oxygens (including phenoxy) is 1. The van der Waals surface area contributed by atoms with Crippen molar-refractivity contribution in [2.24, 2.45) is 0 Å². The van der Waals surface area contributed by atoms with Gasteiger partial charge in [-0.15, -0.1) is 0 Å². The molecule has 0 N–H and O–H groups in total. The Morgan fingerprint density at radius 2 is 1.81 bits per heavy atom. The van der Waals surface area contributed by atoms with Crippen LogP contribution < -0.4 is 4.31 Å². The summed E-state index contributed by atoms with van der Waals surface area (Å²) < 4.78 is 42.9. The second kappa shape index (κ2) is 8.49. The number of nitrogens with zero attached hydrogens (tertiary/aromatic N) is 1. The Kier molecular flexibility index (Phi) is 6.56. The van der Waals surface area contributed by atoms with Gasteiger partial charge in [-0.1, -0.05) is 17.7 Å². The van der Waals surface area contributed by atoms with Crippen LogP contribution in [0.5, 0.6) is 0 Å². The molecule has 2 aromatic rings. The fourth-order valence-corrected chi connectivity index (χ4v) is 3.31. The summed E-state index contributed by atoms with van der Waals surface area (Å²) in [7, 11) is -3.80. The van der Waals surface area contributed by atoms with Crippen LogP contribution in [0.25, 0.3) is 0 Å². The molecule has 0 amide bonds. The Morgan fingerprint density at radius 3 is 2.37 bits per heavy atom. The van der Waals surface area contributed by atoms with E-state index in [0.29, 0.717) is 5.02 Å². The minimum Gasteiger partial charge on any atom is -0.453 e. The van der Waals surface area contributed by atoms with Gasteiger partial charge in [0.25, 0.3) is 0 Å². The number of anilines is 1. The number of carbonyl (C=O) groups excluding carboxylic acids is 2. The Balaban J connectivity index is 2.11. The summed E-state index contributed by atoms with van der Waals surface area (Å²) in [6.45, 7) is 0.730. The predicted molar refractivity (Wildman–Crippen MR) is 99.9 cm³/mol. The third-order valence-electron chi connectivity index (χ3n) is 3.58. The van der Waals surface area contributed by atoms with E-state index >= 15 is 0 Å². The van der Waals surface area contributed by atoms with E-state index in [1.807, 2.05) is 0 Å². The lowest BCUT2D eigenvalue weighted by Crippen LogP contribution is -2.37. The maximum absolute atomic E-state index is 12.9. The van der Waals surface area contributed by atoms with Gasteiger partial charge in [0.05, 0.1) is 11.9 Å². The predicted octanol–water partition coefficient (Wildman–Crippen LogP) is 3.06. The number of carbonyl (C=O) groups is 2. The molecule has 6 nitrogen and oxygen atoms in total. The van der Waals surface area contributed by atoms with Crippen molar-refractivity contribution in [3.05, 3.63) is 64.9 Å². The van der Waals surface area contributed by atoms with Crippen LogP contribution in [0.15, 0.2) is 48.5 Å². The number of hydrogen-bond acceptors (Lipinski definition) is 5. The lowest BCUT2D eigenvalue weighted by molar-refractivity contribution is -0.144. The van der Waals surface area contributed by atoms with Crippen LogP contribution in [-0.2, 0) is 19.6 Å². The van der Waals surface area contributed by atoms with Gasteiger partial charge in [-0.3, -0.25) is 13.9 Å². The van der Waals surface area contributed by atoms with Gasteiger partial charge in [0.1, 0.15) is 12.4 Å². The molecule has 9 heteroatoms. The van der Waals surface area contributed by atoms with Crippen molar-refractivity contribution >= 4 is 39.1 Å². The Labute approximate surface area is 161 Å². The molecule has 0 aliphatic heterocycles. The highest BCUT2D eigenvalue weighted by Crippen LogP contribution is 2.22. The second-order valence-electron chi connectivity index (χ2n) is 5.75. The maximum Gasteiger partial charge on any atom is 0.327 e. The van der Waals surface area contributed by atoms with Crippen molar-refractivity contribution < 1.29 is 27.1 Å². The normalized spacial score (nSPS) is 12.3. The van der Waals surface area contributed by atoms with E-state index in [-0.39, 0.29) is 11.3 Å². The highest BCUT2D eigenvalue weighted by molar-refractivity contribution is 7.92. The first-order chi connectivity index (χ1) is 12.6. The van der Waals surface area contributed by atoms with Crippen LogP contribution in [0.3, 0.4) is 0 Å². The quantitative estimate of drug-likeness (QED) is 0.514. The monoisotopic (exact) mass is 413 g/mol. The average molecular weight is 414 g/mol. The zero-order valence-corrected chi connectivity index (χ0v) is 16.1. The third kappa shape index (κ3) is 5.77. The van der Waals surface area contributed by atoms with Gasteiger partial charge in [-0.25, -0.2) is 12.8 Å². The van der Waals surface area contributed by atoms with Crippen LogP contribution in [0.1, 0.15) is 17.3 Å². The van der Waals surface area contributed by atoms with Crippen molar-refractivity contribution in [2.75, 3.05) is 17.1 Å². The largest absolute Gasteiger partial charge is 0.453 e. The lowest BCUT2D eigenvalue weighted by atomic mass is 10.1. The maximum atomic E-state index is 12.9. The first kappa shape index (κ1) is 20.9. The van der Waals surface area contributed by atoms with E-state index in [2.05, 4.69) is 0 Å². The van der Waals surface area contributed by atoms with E-state index in [9.17, 15) is 22.4 Å². The summed E-state index contributed by atoms with van der Waals surface area (Å²) in [5, 5.41) is 0.300. The molecule has 0 fully saturated rings. The van der Waals surface area contributed by atoms with Gasteiger partial charge in [0, 0.05) is 10.6 Å². The molecular weight excluding hydrogens is 397 g/mol. The first-order valence-corrected chi connectivity index (χ1v) is 10.0. The molecule has 0 radical (unpaired) electrons. The number of halogens is 2. The van der Waals surface area contributed by atoms with E-state index < -0.39 is 40.2 Å². The molecule has 0 unspecified atom stereocenters. The van der Waals surface area contributed by atoms with Gasteiger partial charge >= 0.3 is 5.97 Å². The molecule has 0 aliphatic rings. The van der Waals surface area contributed by atoms with Gasteiger partial charge in [-0.2, -0.15) is 0 Å². The van der Waals surface area contributed by atoms with Crippen molar-refractivity contribution in [2.45, 2.75) is 13.0 Å². The molecule has 0 bridgehead atoms. The smallest absolute Gasteiger partial charge is 0.327 e. The highest BCUT2D eigenvalue weighted by Gasteiger charge is 2.25. The molecule has 2 rings (SSSR count). The summed E-state index contributed by atoms with van der Waals surface area (Å²) in [6, 6.07) is 10.8. The number of esters is 1. The van der Waals surface area contributed by atoms with Crippen LogP contribution in [0, 0.1) is 5.82 Å². The minimum absolute atomic E-state index is 0.173. The van der Waals surface area contributed by atoms with Crippen molar-refractivity contribution in [1.82, 2.24) is 0 Å². The average Bonchev–Trinajstić information content (AvgIpc) is 2.58. The standard InChI is InChI=1S/C18H17ClFNO5S/c1-12(18(23)13-6-8-15(20)9-7-13)26-17(22)11-21(27(2,24)25)16-5-3-4-14(19)10-16/h3-10,12H,11H2,1-2H3/t12-/m1/s1. The molecule has 0 heterocycles. The summed E-state index contributed by atoms with van der Waals surface area (Å²) in [5.41, 5.74) is 0.367. The van der Waals surface area contributed by atoms with Gasteiger partial charge < -0.3 is 4.74 Å². The number of rotatable bonds is 7. The summed E-state index contributed by atoms with van der Waals surface area (Å²) in [4.78, 5) is 24.4.